The smallest absolute Gasteiger partial charge is 0.274 e. The Kier molecular flexibility index (Phi) is 4.49. The summed E-state index contributed by atoms with van der Waals surface area (Å²) in [6.45, 7) is 5.27. The average molecular weight is 224 g/mol. The van der Waals surface area contributed by atoms with Crippen molar-refractivity contribution in [1.82, 2.24) is 14.5 Å². The Morgan fingerprint density at radius 3 is 2.75 bits per heavy atom. The van der Waals surface area contributed by atoms with Gasteiger partial charge in [0, 0.05) is 25.8 Å². The number of aryl methyl sites for hydroxylation is 1. The van der Waals surface area contributed by atoms with Crippen LogP contribution < -0.4 is 5.73 Å². The number of hydrogen-bond donors (Lipinski definition) is 1. The number of aromatic nitrogens is 2. The van der Waals surface area contributed by atoms with Gasteiger partial charge in [0.2, 0.25) is 0 Å². The molecule has 0 unspecified atom stereocenters. The molecule has 5 nitrogen and oxygen atoms in total. The first-order valence-corrected chi connectivity index (χ1v) is 5.55. The summed E-state index contributed by atoms with van der Waals surface area (Å²) in [7, 11) is 1.85. The van der Waals surface area contributed by atoms with Crippen molar-refractivity contribution in [1.29, 1.82) is 0 Å². The van der Waals surface area contributed by atoms with Crippen LogP contribution in [-0.2, 0) is 7.05 Å². The van der Waals surface area contributed by atoms with Gasteiger partial charge in [0.15, 0.2) is 0 Å². The summed E-state index contributed by atoms with van der Waals surface area (Å²) < 4.78 is 1.77. The Morgan fingerprint density at radius 2 is 2.31 bits per heavy atom. The molecule has 0 aromatic carbocycles. The van der Waals surface area contributed by atoms with E-state index in [-0.39, 0.29) is 11.9 Å². The third kappa shape index (κ3) is 3.06. The first-order valence-electron chi connectivity index (χ1n) is 5.55. The maximum absolute atomic E-state index is 12.1. The molecule has 1 amide bonds. The molecule has 0 fully saturated rings. The van der Waals surface area contributed by atoms with E-state index in [1.165, 1.54) is 0 Å². The molecule has 0 radical (unpaired) electrons. The monoisotopic (exact) mass is 224 g/mol. The van der Waals surface area contributed by atoms with Gasteiger partial charge in [-0.15, -0.1) is 0 Å². The number of hydrogen-bond acceptors (Lipinski definition) is 3. The fourth-order valence-corrected chi connectivity index (χ4v) is 1.53. The molecule has 0 saturated carbocycles. The van der Waals surface area contributed by atoms with E-state index < -0.39 is 0 Å². The van der Waals surface area contributed by atoms with Crippen LogP contribution >= 0.6 is 0 Å². The molecular weight excluding hydrogens is 204 g/mol. The molecule has 0 aliphatic heterocycles. The lowest BCUT2D eigenvalue weighted by atomic mass is 10.2. The van der Waals surface area contributed by atoms with Gasteiger partial charge in [-0.1, -0.05) is 0 Å². The summed E-state index contributed by atoms with van der Waals surface area (Å²) in [5, 5.41) is 0. The van der Waals surface area contributed by atoms with Crippen molar-refractivity contribution < 1.29 is 4.79 Å². The van der Waals surface area contributed by atoms with Gasteiger partial charge in [0.05, 0.1) is 6.33 Å². The largest absolute Gasteiger partial charge is 0.340 e. The molecule has 16 heavy (non-hydrogen) atoms. The molecule has 1 rings (SSSR count). The van der Waals surface area contributed by atoms with Crippen LogP contribution in [0.2, 0.25) is 0 Å². The molecule has 0 spiro atoms. The van der Waals surface area contributed by atoms with Crippen LogP contribution in [0.25, 0.3) is 0 Å². The Balaban J connectivity index is 2.74. The third-order valence-corrected chi connectivity index (χ3v) is 2.41. The summed E-state index contributed by atoms with van der Waals surface area (Å²) in [6.07, 6.45) is 4.19. The quantitative estimate of drug-likeness (QED) is 0.797. The Bertz CT molecular complexity index is 346. The summed E-state index contributed by atoms with van der Waals surface area (Å²) in [5.41, 5.74) is 5.96. The Hall–Kier alpha value is -1.36. The van der Waals surface area contributed by atoms with Crippen molar-refractivity contribution >= 4 is 5.91 Å². The van der Waals surface area contributed by atoms with Crippen LogP contribution in [-0.4, -0.2) is 39.5 Å². The molecule has 5 heteroatoms. The minimum atomic E-state index is -0.0240. The highest BCUT2D eigenvalue weighted by molar-refractivity contribution is 5.92. The van der Waals surface area contributed by atoms with E-state index in [0.29, 0.717) is 18.8 Å². The third-order valence-electron chi connectivity index (χ3n) is 2.41. The zero-order valence-electron chi connectivity index (χ0n) is 10.2. The lowest BCUT2D eigenvalue weighted by molar-refractivity contribution is 0.0699. The Morgan fingerprint density at radius 1 is 1.62 bits per heavy atom. The molecule has 0 aliphatic carbocycles. The van der Waals surface area contributed by atoms with Crippen molar-refractivity contribution in [2.75, 3.05) is 13.1 Å². The summed E-state index contributed by atoms with van der Waals surface area (Å²) >= 11 is 0. The van der Waals surface area contributed by atoms with Crippen molar-refractivity contribution in [2.45, 2.75) is 26.3 Å². The number of nitrogens with two attached hydrogens (primary N) is 1. The second-order valence-electron chi connectivity index (χ2n) is 4.16. The van der Waals surface area contributed by atoms with Gasteiger partial charge in [-0.25, -0.2) is 4.98 Å². The molecule has 1 heterocycles. The van der Waals surface area contributed by atoms with Gasteiger partial charge in [-0.3, -0.25) is 4.79 Å². The van der Waals surface area contributed by atoms with Crippen molar-refractivity contribution in [2.24, 2.45) is 12.8 Å². The molecule has 1 aromatic rings. The van der Waals surface area contributed by atoms with E-state index in [1.54, 1.807) is 22.0 Å². The zero-order valence-corrected chi connectivity index (χ0v) is 10.2. The average Bonchev–Trinajstić information content (AvgIpc) is 2.64. The van der Waals surface area contributed by atoms with Crippen LogP contribution in [0, 0.1) is 0 Å². The number of imidazole rings is 1. The number of carbonyl (C=O) groups excluding carboxylic acids is 1. The van der Waals surface area contributed by atoms with Gasteiger partial charge in [0.1, 0.15) is 5.69 Å². The highest BCUT2D eigenvalue weighted by Crippen LogP contribution is 2.07. The molecule has 0 bridgehead atoms. The second-order valence-corrected chi connectivity index (χ2v) is 4.16. The van der Waals surface area contributed by atoms with Crippen LogP contribution in [0.4, 0.5) is 0 Å². The SMILES string of the molecule is CC(C)N(CCCN)C(=O)c1cn(C)cn1. The van der Waals surface area contributed by atoms with Gasteiger partial charge in [0.25, 0.3) is 5.91 Å². The summed E-state index contributed by atoms with van der Waals surface area (Å²) in [6, 6.07) is 0.168. The van der Waals surface area contributed by atoms with Crippen molar-refractivity contribution in [3.8, 4) is 0 Å². The first-order chi connectivity index (χ1) is 7.56. The van der Waals surface area contributed by atoms with E-state index in [9.17, 15) is 4.79 Å². The lowest BCUT2D eigenvalue weighted by Gasteiger charge is -2.25. The van der Waals surface area contributed by atoms with E-state index in [1.807, 2.05) is 20.9 Å². The number of carbonyl (C=O) groups is 1. The molecule has 90 valence electrons. The fraction of sp³-hybridized carbons (Fsp3) is 0.636. The predicted octanol–water partition coefficient (Wildman–Crippen LogP) is 0.619. The normalized spacial score (nSPS) is 10.8. The molecule has 2 N–H and O–H groups in total. The second kappa shape index (κ2) is 5.65. The van der Waals surface area contributed by atoms with E-state index in [4.69, 9.17) is 5.73 Å². The highest BCUT2D eigenvalue weighted by atomic mass is 16.2. The van der Waals surface area contributed by atoms with E-state index in [2.05, 4.69) is 4.98 Å². The van der Waals surface area contributed by atoms with Crippen LogP contribution in [0.5, 0.6) is 0 Å². The molecule has 0 saturated heterocycles. The van der Waals surface area contributed by atoms with E-state index in [0.717, 1.165) is 6.42 Å². The first kappa shape index (κ1) is 12.7. The zero-order chi connectivity index (χ0) is 12.1. The van der Waals surface area contributed by atoms with Gasteiger partial charge in [-0.2, -0.15) is 0 Å². The maximum Gasteiger partial charge on any atom is 0.274 e. The molecule has 1 aromatic heterocycles. The topological polar surface area (TPSA) is 64.2 Å². The fourth-order valence-electron chi connectivity index (χ4n) is 1.53. The summed E-state index contributed by atoms with van der Waals surface area (Å²) in [4.78, 5) is 18.0. The number of rotatable bonds is 5. The Labute approximate surface area is 96.3 Å². The molecule has 0 atom stereocenters. The van der Waals surface area contributed by atoms with Gasteiger partial charge < -0.3 is 15.2 Å². The van der Waals surface area contributed by atoms with Crippen LogP contribution in [0.3, 0.4) is 0 Å². The highest BCUT2D eigenvalue weighted by Gasteiger charge is 2.19. The van der Waals surface area contributed by atoms with Gasteiger partial charge >= 0.3 is 0 Å². The number of nitrogens with zero attached hydrogens (tertiary/aromatic N) is 3. The number of amides is 1. The predicted molar refractivity (Wildman–Crippen MR) is 63.1 cm³/mol. The maximum atomic E-state index is 12.1. The van der Waals surface area contributed by atoms with Crippen LogP contribution in [0.1, 0.15) is 30.8 Å². The lowest BCUT2D eigenvalue weighted by Crippen LogP contribution is -2.38. The van der Waals surface area contributed by atoms with E-state index >= 15 is 0 Å². The molecular formula is C11H20N4O. The standard InChI is InChI=1S/C11H20N4O/c1-9(2)15(6-4-5-12)11(16)10-7-14(3)8-13-10/h7-9H,4-6,12H2,1-3H3. The van der Waals surface area contributed by atoms with Gasteiger partial charge in [-0.05, 0) is 26.8 Å². The van der Waals surface area contributed by atoms with Crippen molar-refractivity contribution in [3.63, 3.8) is 0 Å². The minimum Gasteiger partial charge on any atom is -0.340 e. The molecule has 0 aliphatic rings. The van der Waals surface area contributed by atoms with Crippen molar-refractivity contribution in [3.05, 3.63) is 18.2 Å². The summed E-state index contributed by atoms with van der Waals surface area (Å²) in [5.74, 6) is -0.0240. The minimum absolute atomic E-state index is 0.0240. The van der Waals surface area contributed by atoms with Crippen LogP contribution in [0.15, 0.2) is 12.5 Å².